The molecule has 0 atom stereocenters. The summed E-state index contributed by atoms with van der Waals surface area (Å²) in [6, 6.07) is 24.5. The fourth-order valence-electron chi connectivity index (χ4n) is 2.28. The van der Waals surface area contributed by atoms with E-state index >= 15 is 0 Å². The molecule has 0 N–H and O–H groups in total. The van der Waals surface area contributed by atoms with E-state index < -0.39 is 0 Å². The second-order valence-corrected chi connectivity index (χ2v) is 5.23. The molecule has 3 aromatic carbocycles. The number of thiol groups is 1. The van der Waals surface area contributed by atoms with E-state index in [-0.39, 0.29) is 0 Å². The van der Waals surface area contributed by atoms with Crippen LogP contribution in [0.25, 0.3) is 22.3 Å². The monoisotopic (exact) mass is 272 g/mol. The standard InChI is InChI=1S/C18H13BS/c19-18-12-15(13-6-9-16(20)10-7-13)8-11-17(18)14-4-2-1-3-5-14/h1-12,20H. The topological polar surface area (TPSA) is 0 Å². The summed E-state index contributed by atoms with van der Waals surface area (Å²) in [5, 5.41) is 0. The van der Waals surface area contributed by atoms with E-state index in [1.807, 2.05) is 36.4 Å². The Hall–Kier alpha value is -1.93. The second-order valence-electron chi connectivity index (χ2n) is 4.71. The fraction of sp³-hybridized carbons (Fsp3) is 0. The van der Waals surface area contributed by atoms with Gasteiger partial charge in [-0.05, 0) is 34.4 Å². The van der Waals surface area contributed by atoms with Crippen LogP contribution in [0, 0.1) is 0 Å². The Morgan fingerprint density at radius 2 is 1.30 bits per heavy atom. The average Bonchev–Trinajstić information content (AvgIpc) is 2.49. The van der Waals surface area contributed by atoms with Crippen molar-refractivity contribution in [3.05, 3.63) is 72.8 Å². The molecule has 0 fully saturated rings. The fourth-order valence-corrected chi connectivity index (χ4v) is 2.43. The van der Waals surface area contributed by atoms with Crippen LogP contribution in [0.2, 0.25) is 0 Å². The highest BCUT2D eigenvalue weighted by molar-refractivity contribution is 7.80. The van der Waals surface area contributed by atoms with Gasteiger partial charge < -0.3 is 0 Å². The summed E-state index contributed by atoms with van der Waals surface area (Å²) in [6.07, 6.45) is 0. The van der Waals surface area contributed by atoms with Crippen LogP contribution in [0.4, 0.5) is 0 Å². The Balaban J connectivity index is 2.01. The summed E-state index contributed by atoms with van der Waals surface area (Å²) < 4.78 is 0. The van der Waals surface area contributed by atoms with Gasteiger partial charge in [-0.15, -0.1) is 12.6 Å². The van der Waals surface area contributed by atoms with E-state index in [1.54, 1.807) is 0 Å². The van der Waals surface area contributed by atoms with Crippen LogP contribution in [0.3, 0.4) is 0 Å². The van der Waals surface area contributed by atoms with Gasteiger partial charge in [0.25, 0.3) is 0 Å². The zero-order chi connectivity index (χ0) is 13.9. The van der Waals surface area contributed by atoms with Crippen LogP contribution in [0.5, 0.6) is 0 Å². The van der Waals surface area contributed by atoms with E-state index in [1.165, 1.54) is 0 Å². The first kappa shape index (κ1) is 13.1. The van der Waals surface area contributed by atoms with Gasteiger partial charge in [-0.1, -0.05) is 66.1 Å². The number of benzene rings is 3. The highest BCUT2D eigenvalue weighted by Crippen LogP contribution is 2.23. The molecule has 0 unspecified atom stereocenters. The number of rotatable bonds is 2. The van der Waals surface area contributed by atoms with Crippen LogP contribution in [-0.2, 0) is 0 Å². The SMILES string of the molecule is [B]c1cc(-c2ccc(S)cc2)ccc1-c1ccccc1. The van der Waals surface area contributed by atoms with Crippen molar-refractivity contribution in [3.63, 3.8) is 0 Å². The molecule has 20 heavy (non-hydrogen) atoms. The van der Waals surface area contributed by atoms with Gasteiger partial charge in [-0.25, -0.2) is 0 Å². The van der Waals surface area contributed by atoms with Crippen molar-refractivity contribution in [1.82, 2.24) is 0 Å². The highest BCUT2D eigenvalue weighted by atomic mass is 32.1. The third kappa shape index (κ3) is 2.66. The lowest BCUT2D eigenvalue weighted by Crippen LogP contribution is -2.06. The van der Waals surface area contributed by atoms with Gasteiger partial charge in [-0.2, -0.15) is 0 Å². The lowest BCUT2D eigenvalue weighted by atomic mass is 9.85. The van der Waals surface area contributed by atoms with E-state index in [9.17, 15) is 0 Å². The van der Waals surface area contributed by atoms with Crippen molar-refractivity contribution in [2.75, 3.05) is 0 Å². The van der Waals surface area contributed by atoms with Gasteiger partial charge in [0.15, 0.2) is 0 Å². The molecule has 0 nitrogen and oxygen atoms in total. The van der Waals surface area contributed by atoms with Crippen molar-refractivity contribution < 1.29 is 0 Å². The minimum Gasteiger partial charge on any atom is -0.143 e. The first-order valence-electron chi connectivity index (χ1n) is 6.48. The summed E-state index contributed by atoms with van der Waals surface area (Å²) in [4.78, 5) is 0.961. The first-order chi connectivity index (χ1) is 9.74. The Morgan fingerprint density at radius 1 is 0.650 bits per heavy atom. The maximum absolute atomic E-state index is 6.21. The molecule has 0 aliphatic rings. The highest BCUT2D eigenvalue weighted by Gasteiger charge is 2.03. The van der Waals surface area contributed by atoms with Crippen LogP contribution >= 0.6 is 12.6 Å². The Labute approximate surface area is 126 Å². The largest absolute Gasteiger partial charge is 0.143 e. The van der Waals surface area contributed by atoms with Gasteiger partial charge in [0.05, 0.1) is 0 Å². The normalized spacial score (nSPS) is 10.4. The predicted octanol–water partition coefficient (Wildman–Crippen LogP) is 4.10. The van der Waals surface area contributed by atoms with E-state index in [0.717, 1.165) is 32.6 Å². The van der Waals surface area contributed by atoms with E-state index in [2.05, 4.69) is 49.0 Å². The molecule has 0 spiro atoms. The molecule has 0 saturated carbocycles. The molecule has 94 valence electrons. The maximum atomic E-state index is 6.21. The molecule has 2 radical (unpaired) electrons. The zero-order valence-electron chi connectivity index (χ0n) is 11.0. The van der Waals surface area contributed by atoms with Crippen LogP contribution in [0.15, 0.2) is 77.7 Å². The lowest BCUT2D eigenvalue weighted by Gasteiger charge is -2.10. The van der Waals surface area contributed by atoms with Crippen molar-refractivity contribution in [3.8, 4) is 22.3 Å². The van der Waals surface area contributed by atoms with Gasteiger partial charge >= 0.3 is 0 Å². The Kier molecular flexibility index (Phi) is 3.66. The molecule has 0 saturated heterocycles. The second kappa shape index (κ2) is 5.60. The van der Waals surface area contributed by atoms with Crippen molar-refractivity contribution in [2.45, 2.75) is 4.90 Å². The van der Waals surface area contributed by atoms with Crippen molar-refractivity contribution in [1.29, 1.82) is 0 Å². The Bertz CT molecular complexity index is 718. The minimum atomic E-state index is 0.795. The molecule has 3 aromatic rings. The van der Waals surface area contributed by atoms with Crippen LogP contribution < -0.4 is 5.46 Å². The Morgan fingerprint density at radius 3 is 1.95 bits per heavy atom. The zero-order valence-corrected chi connectivity index (χ0v) is 11.8. The van der Waals surface area contributed by atoms with Gasteiger partial charge in [-0.3, -0.25) is 0 Å². The quantitative estimate of drug-likeness (QED) is 0.527. The summed E-state index contributed by atoms with van der Waals surface area (Å²) in [5.41, 5.74) is 5.27. The van der Waals surface area contributed by atoms with E-state index in [4.69, 9.17) is 7.85 Å². The summed E-state index contributed by atoms with van der Waals surface area (Å²) in [6.45, 7) is 0. The molecule has 0 aliphatic heterocycles. The van der Waals surface area contributed by atoms with Gasteiger partial charge in [0.2, 0.25) is 0 Å². The number of hydrogen-bond acceptors (Lipinski definition) is 1. The molecule has 0 aliphatic carbocycles. The summed E-state index contributed by atoms with van der Waals surface area (Å²) >= 11 is 4.30. The third-order valence-electron chi connectivity index (χ3n) is 3.34. The van der Waals surface area contributed by atoms with Crippen LogP contribution in [0.1, 0.15) is 0 Å². The summed E-state index contributed by atoms with van der Waals surface area (Å²) in [7, 11) is 6.21. The van der Waals surface area contributed by atoms with Crippen molar-refractivity contribution >= 4 is 25.9 Å². The summed E-state index contributed by atoms with van der Waals surface area (Å²) in [5.74, 6) is 0. The molecular formula is C18H13BS. The molecular weight excluding hydrogens is 259 g/mol. The molecule has 3 rings (SSSR count). The maximum Gasteiger partial charge on any atom is 0.114 e. The predicted molar refractivity (Wildman–Crippen MR) is 90.0 cm³/mol. The average molecular weight is 272 g/mol. The molecule has 0 bridgehead atoms. The molecule has 0 amide bonds. The minimum absolute atomic E-state index is 0.795. The molecule has 0 heterocycles. The first-order valence-corrected chi connectivity index (χ1v) is 6.93. The van der Waals surface area contributed by atoms with E-state index in [0.29, 0.717) is 0 Å². The lowest BCUT2D eigenvalue weighted by molar-refractivity contribution is 1.47. The van der Waals surface area contributed by atoms with Crippen molar-refractivity contribution in [2.24, 2.45) is 0 Å². The van der Waals surface area contributed by atoms with Gasteiger partial charge in [0.1, 0.15) is 7.85 Å². The third-order valence-corrected chi connectivity index (χ3v) is 3.64. The number of hydrogen-bond donors (Lipinski definition) is 1. The smallest absolute Gasteiger partial charge is 0.114 e. The van der Waals surface area contributed by atoms with Gasteiger partial charge in [0, 0.05) is 4.90 Å². The van der Waals surface area contributed by atoms with Crippen LogP contribution in [-0.4, -0.2) is 7.85 Å². The molecule has 0 aromatic heterocycles. The molecule has 2 heteroatoms.